The Bertz CT molecular complexity index is 929. The van der Waals surface area contributed by atoms with Crippen molar-refractivity contribution in [2.75, 3.05) is 6.54 Å². The van der Waals surface area contributed by atoms with Crippen LogP contribution in [0.4, 0.5) is 0 Å². The van der Waals surface area contributed by atoms with Crippen molar-refractivity contribution in [3.8, 4) is 0 Å². The fourth-order valence-corrected chi connectivity index (χ4v) is 4.07. The molecule has 0 radical (unpaired) electrons. The quantitative estimate of drug-likeness (QED) is 0.698. The molecule has 4 nitrogen and oxygen atoms in total. The van der Waals surface area contributed by atoms with E-state index in [1.807, 2.05) is 66.7 Å². The molecule has 0 bridgehead atoms. The van der Waals surface area contributed by atoms with Crippen LogP contribution in [0, 0.1) is 0 Å². The standard InChI is InChI=1S/C22H20N2O2S/c25-20-14-24(13-18-5-1-2-6-19(18)20)22(26)17-10-8-16(9-11-17)15-27-21-7-3-4-12-23-21/h1-12,20,25H,13-15H2/t20-/m1/s1. The lowest BCUT2D eigenvalue weighted by molar-refractivity contribution is 0.0550. The molecule has 0 spiro atoms. The van der Waals surface area contributed by atoms with Crippen molar-refractivity contribution >= 4 is 17.7 Å². The van der Waals surface area contributed by atoms with Gasteiger partial charge < -0.3 is 10.0 Å². The molecule has 0 aliphatic carbocycles. The van der Waals surface area contributed by atoms with Crippen LogP contribution in [0.1, 0.15) is 33.2 Å². The number of aliphatic hydroxyl groups excluding tert-OH is 1. The van der Waals surface area contributed by atoms with Crippen LogP contribution in [0.3, 0.4) is 0 Å². The smallest absolute Gasteiger partial charge is 0.254 e. The highest BCUT2D eigenvalue weighted by Crippen LogP contribution is 2.27. The molecule has 3 aromatic rings. The SMILES string of the molecule is O=C(c1ccc(CSc2ccccn2)cc1)N1Cc2ccccc2[C@H](O)C1. The highest BCUT2D eigenvalue weighted by molar-refractivity contribution is 7.98. The van der Waals surface area contributed by atoms with Crippen molar-refractivity contribution < 1.29 is 9.90 Å². The second-order valence-corrected chi connectivity index (χ2v) is 7.55. The summed E-state index contributed by atoms with van der Waals surface area (Å²) in [6.07, 6.45) is 1.16. The first-order chi connectivity index (χ1) is 13.2. The maximum atomic E-state index is 12.8. The zero-order valence-electron chi connectivity index (χ0n) is 14.8. The number of β-amino-alcohol motifs (C(OH)–C–C–N with tert-alkyl or cyclic N) is 1. The van der Waals surface area contributed by atoms with Crippen LogP contribution >= 0.6 is 11.8 Å². The third kappa shape index (κ3) is 4.04. The van der Waals surface area contributed by atoms with E-state index in [2.05, 4.69) is 4.98 Å². The second kappa shape index (κ2) is 7.94. The van der Waals surface area contributed by atoms with Gasteiger partial charge in [0.15, 0.2) is 0 Å². The molecule has 1 atom stereocenters. The number of hydrogen-bond donors (Lipinski definition) is 1. The van der Waals surface area contributed by atoms with E-state index in [0.29, 0.717) is 18.7 Å². The molecule has 0 unspecified atom stereocenters. The molecule has 0 saturated carbocycles. The van der Waals surface area contributed by atoms with E-state index >= 15 is 0 Å². The molecule has 2 aromatic carbocycles. The number of nitrogens with zero attached hydrogens (tertiary/aromatic N) is 2. The van der Waals surface area contributed by atoms with Gasteiger partial charge in [-0.3, -0.25) is 4.79 Å². The number of thioether (sulfide) groups is 1. The van der Waals surface area contributed by atoms with Crippen molar-refractivity contribution in [3.63, 3.8) is 0 Å². The normalized spacial score (nSPS) is 16.0. The van der Waals surface area contributed by atoms with Crippen molar-refractivity contribution in [2.24, 2.45) is 0 Å². The molecule has 1 aromatic heterocycles. The Hall–Kier alpha value is -2.63. The van der Waals surface area contributed by atoms with Crippen molar-refractivity contribution in [2.45, 2.75) is 23.4 Å². The van der Waals surface area contributed by atoms with E-state index in [1.165, 1.54) is 0 Å². The highest BCUT2D eigenvalue weighted by Gasteiger charge is 2.27. The molecular formula is C22H20N2O2S. The molecule has 1 amide bonds. The molecule has 2 heterocycles. The monoisotopic (exact) mass is 376 g/mol. The number of carbonyl (C=O) groups is 1. The van der Waals surface area contributed by atoms with Gasteiger partial charge in [-0.05, 0) is 41.0 Å². The fraction of sp³-hybridized carbons (Fsp3) is 0.182. The number of carbonyl (C=O) groups excluding carboxylic acids is 1. The van der Waals surface area contributed by atoms with Gasteiger partial charge in [-0.25, -0.2) is 4.98 Å². The van der Waals surface area contributed by atoms with Crippen molar-refractivity contribution in [1.29, 1.82) is 0 Å². The minimum Gasteiger partial charge on any atom is -0.387 e. The Labute approximate surface area is 162 Å². The Balaban J connectivity index is 1.42. The van der Waals surface area contributed by atoms with E-state index in [1.54, 1.807) is 22.9 Å². The number of rotatable bonds is 4. The van der Waals surface area contributed by atoms with Gasteiger partial charge in [0.1, 0.15) is 0 Å². The minimum absolute atomic E-state index is 0.0486. The zero-order valence-corrected chi connectivity index (χ0v) is 15.6. The van der Waals surface area contributed by atoms with Crippen LogP contribution in [0.5, 0.6) is 0 Å². The molecule has 0 saturated heterocycles. The molecule has 1 aliphatic heterocycles. The number of amides is 1. The van der Waals surface area contributed by atoms with Crippen LogP contribution in [0.15, 0.2) is 78.0 Å². The Morgan fingerprint density at radius 3 is 2.63 bits per heavy atom. The number of benzene rings is 2. The average Bonchev–Trinajstić information content (AvgIpc) is 2.73. The molecule has 5 heteroatoms. The molecule has 0 fully saturated rings. The highest BCUT2D eigenvalue weighted by atomic mass is 32.2. The topological polar surface area (TPSA) is 53.4 Å². The summed E-state index contributed by atoms with van der Waals surface area (Å²) < 4.78 is 0. The maximum Gasteiger partial charge on any atom is 0.254 e. The van der Waals surface area contributed by atoms with E-state index in [4.69, 9.17) is 0 Å². The van der Waals surface area contributed by atoms with Gasteiger partial charge in [-0.2, -0.15) is 0 Å². The predicted octanol–water partition coefficient (Wildman–Crippen LogP) is 4.06. The molecule has 1 N–H and O–H groups in total. The molecule has 1 aliphatic rings. The summed E-state index contributed by atoms with van der Waals surface area (Å²) in [6, 6.07) is 21.3. The lowest BCUT2D eigenvalue weighted by Crippen LogP contribution is -2.38. The second-order valence-electron chi connectivity index (χ2n) is 6.55. The number of aliphatic hydroxyl groups is 1. The maximum absolute atomic E-state index is 12.8. The van der Waals surface area contributed by atoms with Gasteiger partial charge in [0, 0.05) is 24.1 Å². The molecule has 136 valence electrons. The third-order valence-corrected chi connectivity index (χ3v) is 5.70. The van der Waals surface area contributed by atoms with E-state index in [9.17, 15) is 9.90 Å². The molecule has 27 heavy (non-hydrogen) atoms. The fourth-order valence-electron chi connectivity index (χ4n) is 3.25. The molecule has 4 rings (SSSR count). The van der Waals surface area contributed by atoms with Crippen LogP contribution in [0.2, 0.25) is 0 Å². The number of fused-ring (bicyclic) bond motifs is 1. The summed E-state index contributed by atoms with van der Waals surface area (Å²) in [5, 5.41) is 11.3. The van der Waals surface area contributed by atoms with Gasteiger partial charge in [-0.1, -0.05) is 42.5 Å². The van der Waals surface area contributed by atoms with Gasteiger partial charge in [0.2, 0.25) is 0 Å². The Morgan fingerprint density at radius 1 is 1.07 bits per heavy atom. The van der Waals surface area contributed by atoms with Gasteiger partial charge >= 0.3 is 0 Å². The predicted molar refractivity (Wildman–Crippen MR) is 106 cm³/mol. The first kappa shape index (κ1) is 17.8. The number of hydrogen-bond acceptors (Lipinski definition) is 4. The number of aromatic nitrogens is 1. The Kier molecular flexibility index (Phi) is 5.23. The lowest BCUT2D eigenvalue weighted by atomic mass is 9.97. The summed E-state index contributed by atoms with van der Waals surface area (Å²) >= 11 is 1.67. The first-order valence-corrected chi connectivity index (χ1v) is 9.87. The van der Waals surface area contributed by atoms with Gasteiger partial charge in [-0.15, -0.1) is 11.8 Å². The molecular weight excluding hydrogens is 356 g/mol. The largest absolute Gasteiger partial charge is 0.387 e. The Morgan fingerprint density at radius 2 is 1.85 bits per heavy atom. The summed E-state index contributed by atoms with van der Waals surface area (Å²) in [4.78, 5) is 18.9. The summed E-state index contributed by atoms with van der Waals surface area (Å²) in [7, 11) is 0. The number of pyridine rings is 1. The zero-order chi connectivity index (χ0) is 18.6. The van der Waals surface area contributed by atoms with Crippen LogP contribution < -0.4 is 0 Å². The average molecular weight is 376 g/mol. The third-order valence-electron chi connectivity index (χ3n) is 4.68. The van der Waals surface area contributed by atoms with E-state index < -0.39 is 6.10 Å². The first-order valence-electron chi connectivity index (χ1n) is 8.88. The van der Waals surface area contributed by atoms with Gasteiger partial charge in [0.05, 0.1) is 17.7 Å². The van der Waals surface area contributed by atoms with Gasteiger partial charge in [0.25, 0.3) is 5.91 Å². The van der Waals surface area contributed by atoms with Crippen LogP contribution in [0.25, 0.3) is 0 Å². The lowest BCUT2D eigenvalue weighted by Gasteiger charge is -2.32. The summed E-state index contributed by atoms with van der Waals surface area (Å²) in [6.45, 7) is 0.858. The minimum atomic E-state index is -0.632. The summed E-state index contributed by atoms with van der Waals surface area (Å²) in [5.41, 5.74) is 3.72. The van der Waals surface area contributed by atoms with Crippen molar-refractivity contribution in [3.05, 3.63) is 95.2 Å². The van der Waals surface area contributed by atoms with E-state index in [-0.39, 0.29) is 5.91 Å². The van der Waals surface area contributed by atoms with Crippen LogP contribution in [-0.2, 0) is 12.3 Å². The van der Waals surface area contributed by atoms with Crippen LogP contribution in [-0.4, -0.2) is 27.4 Å². The van der Waals surface area contributed by atoms with E-state index in [0.717, 1.165) is 27.5 Å². The summed E-state index contributed by atoms with van der Waals surface area (Å²) in [5.74, 6) is 0.758. The van der Waals surface area contributed by atoms with Crippen molar-refractivity contribution in [1.82, 2.24) is 9.88 Å².